The average Bonchev–Trinajstić information content (AvgIpc) is 3.44. The predicted octanol–water partition coefficient (Wildman–Crippen LogP) is 4.22. The van der Waals surface area contributed by atoms with Crippen LogP contribution in [0.1, 0.15) is 50.6 Å². The maximum absolute atomic E-state index is 12.7. The second kappa shape index (κ2) is 8.99. The molecule has 0 aliphatic carbocycles. The van der Waals surface area contributed by atoms with E-state index in [0.717, 1.165) is 67.4 Å². The first kappa shape index (κ1) is 20.0. The molecule has 0 saturated carbocycles. The summed E-state index contributed by atoms with van der Waals surface area (Å²) in [7, 11) is 0. The van der Waals surface area contributed by atoms with Crippen LogP contribution in [0.5, 0.6) is 5.75 Å². The summed E-state index contributed by atoms with van der Waals surface area (Å²) < 4.78 is 6.03. The van der Waals surface area contributed by atoms with E-state index in [2.05, 4.69) is 0 Å². The lowest BCUT2D eigenvalue weighted by atomic mass is 9.99. The molecular formula is C23H28N2O3S. The van der Waals surface area contributed by atoms with Crippen LogP contribution in [-0.4, -0.2) is 54.4 Å². The Kier molecular flexibility index (Phi) is 6.19. The lowest BCUT2D eigenvalue weighted by molar-refractivity contribution is 0.0637. The lowest BCUT2D eigenvalue weighted by Crippen LogP contribution is -2.41. The highest BCUT2D eigenvalue weighted by Crippen LogP contribution is 2.24. The number of carbonyl (C=O) groups excluding carboxylic acids is 2. The van der Waals surface area contributed by atoms with Crippen LogP contribution in [-0.2, 0) is 0 Å². The third-order valence-corrected chi connectivity index (χ3v) is 6.71. The third-order valence-electron chi connectivity index (χ3n) is 5.72. The van der Waals surface area contributed by atoms with E-state index in [0.29, 0.717) is 18.1 Å². The first-order valence-corrected chi connectivity index (χ1v) is 11.3. The highest BCUT2D eigenvalue weighted by atomic mass is 32.1. The molecule has 2 aliphatic rings. The second-order valence-electron chi connectivity index (χ2n) is 8.01. The zero-order valence-electron chi connectivity index (χ0n) is 16.9. The normalized spacial score (nSPS) is 19.4. The molecule has 4 rings (SSSR count). The molecule has 0 radical (unpaired) electrons. The van der Waals surface area contributed by atoms with Crippen LogP contribution in [0.3, 0.4) is 0 Å². The van der Waals surface area contributed by atoms with Gasteiger partial charge in [-0.05, 0) is 62.9 Å². The molecule has 2 aromatic rings. The van der Waals surface area contributed by atoms with Gasteiger partial charge in [-0.15, -0.1) is 11.3 Å². The zero-order valence-corrected chi connectivity index (χ0v) is 17.7. The van der Waals surface area contributed by atoms with Gasteiger partial charge in [0, 0.05) is 42.5 Å². The molecule has 1 aromatic carbocycles. The Morgan fingerprint density at radius 1 is 1.03 bits per heavy atom. The number of ether oxygens (including phenoxy) is 1. The number of nitrogens with zero attached hydrogens (tertiary/aromatic N) is 2. The number of thiophene rings is 1. The van der Waals surface area contributed by atoms with Crippen LogP contribution < -0.4 is 4.74 Å². The standard InChI is InChI=1S/C23H28N2O3S/c1-17-9-10-21(29-17)23(27)25-13-5-6-18(15-25)16-28-20-8-4-7-19(14-20)22(26)24-11-2-3-12-24/h4,7-10,14,18H,2-3,5-6,11-13,15-16H2,1H3/t18-/m1/s1. The van der Waals surface area contributed by atoms with Crippen molar-refractivity contribution in [2.45, 2.75) is 32.6 Å². The van der Waals surface area contributed by atoms with Gasteiger partial charge in [-0.1, -0.05) is 6.07 Å². The minimum atomic E-state index is 0.0913. The number of likely N-dealkylation sites (tertiary alicyclic amines) is 2. The van der Waals surface area contributed by atoms with Crippen molar-refractivity contribution in [1.82, 2.24) is 9.80 Å². The van der Waals surface area contributed by atoms with Crippen LogP contribution in [0.15, 0.2) is 36.4 Å². The zero-order chi connectivity index (χ0) is 20.2. The summed E-state index contributed by atoms with van der Waals surface area (Å²) in [5.74, 6) is 1.26. The minimum absolute atomic E-state index is 0.0913. The fourth-order valence-electron chi connectivity index (χ4n) is 4.13. The van der Waals surface area contributed by atoms with Crippen LogP contribution in [0, 0.1) is 12.8 Å². The summed E-state index contributed by atoms with van der Waals surface area (Å²) in [4.78, 5) is 31.2. The monoisotopic (exact) mass is 412 g/mol. The molecule has 3 heterocycles. The van der Waals surface area contributed by atoms with Gasteiger partial charge in [0.25, 0.3) is 11.8 Å². The Morgan fingerprint density at radius 2 is 1.83 bits per heavy atom. The summed E-state index contributed by atoms with van der Waals surface area (Å²) in [5.41, 5.74) is 0.693. The molecular weight excluding hydrogens is 384 g/mol. The Hall–Kier alpha value is -2.34. The van der Waals surface area contributed by atoms with Crippen LogP contribution in [0.4, 0.5) is 0 Å². The summed E-state index contributed by atoms with van der Waals surface area (Å²) in [6.07, 6.45) is 4.23. The highest BCUT2D eigenvalue weighted by molar-refractivity contribution is 7.13. The molecule has 5 nitrogen and oxygen atoms in total. The van der Waals surface area contributed by atoms with E-state index < -0.39 is 0 Å². The van der Waals surface area contributed by atoms with E-state index in [9.17, 15) is 9.59 Å². The number of aryl methyl sites for hydroxylation is 1. The lowest BCUT2D eigenvalue weighted by Gasteiger charge is -2.32. The van der Waals surface area contributed by atoms with Crippen molar-refractivity contribution in [1.29, 1.82) is 0 Å². The minimum Gasteiger partial charge on any atom is -0.493 e. The van der Waals surface area contributed by atoms with Gasteiger partial charge >= 0.3 is 0 Å². The molecule has 0 spiro atoms. The van der Waals surface area contributed by atoms with E-state index in [-0.39, 0.29) is 11.8 Å². The fraction of sp³-hybridized carbons (Fsp3) is 0.478. The number of piperidine rings is 1. The van der Waals surface area contributed by atoms with Crippen LogP contribution in [0.2, 0.25) is 0 Å². The van der Waals surface area contributed by atoms with Gasteiger partial charge in [-0.3, -0.25) is 9.59 Å². The van der Waals surface area contributed by atoms with Gasteiger partial charge in [0.2, 0.25) is 0 Å². The summed E-state index contributed by atoms with van der Waals surface area (Å²) in [6.45, 7) is 5.82. The molecule has 2 fully saturated rings. The molecule has 0 bridgehead atoms. The summed E-state index contributed by atoms with van der Waals surface area (Å²) in [6, 6.07) is 11.4. The number of carbonyl (C=O) groups is 2. The topological polar surface area (TPSA) is 49.9 Å². The molecule has 1 atom stereocenters. The first-order chi connectivity index (χ1) is 14.1. The largest absolute Gasteiger partial charge is 0.493 e. The molecule has 6 heteroatoms. The van der Waals surface area contributed by atoms with E-state index >= 15 is 0 Å². The van der Waals surface area contributed by atoms with E-state index in [4.69, 9.17) is 4.74 Å². The quantitative estimate of drug-likeness (QED) is 0.739. The van der Waals surface area contributed by atoms with Gasteiger partial charge in [-0.25, -0.2) is 0 Å². The maximum Gasteiger partial charge on any atom is 0.263 e. The SMILES string of the molecule is Cc1ccc(C(=O)N2CCC[C@@H](COc3cccc(C(=O)N4CCCC4)c3)C2)s1. The summed E-state index contributed by atoms with van der Waals surface area (Å²) >= 11 is 1.56. The number of rotatable bonds is 5. The molecule has 29 heavy (non-hydrogen) atoms. The Balaban J connectivity index is 1.33. The van der Waals surface area contributed by atoms with Gasteiger partial charge in [0.15, 0.2) is 0 Å². The molecule has 0 unspecified atom stereocenters. The molecule has 0 N–H and O–H groups in total. The first-order valence-electron chi connectivity index (χ1n) is 10.5. The number of benzene rings is 1. The second-order valence-corrected chi connectivity index (χ2v) is 9.30. The van der Waals surface area contributed by atoms with Crippen molar-refractivity contribution in [3.8, 4) is 5.75 Å². The van der Waals surface area contributed by atoms with Crippen LogP contribution >= 0.6 is 11.3 Å². The Bertz CT molecular complexity index is 873. The van der Waals surface area contributed by atoms with Crippen molar-refractivity contribution in [3.05, 3.63) is 51.7 Å². The van der Waals surface area contributed by atoms with Crippen molar-refractivity contribution < 1.29 is 14.3 Å². The Morgan fingerprint density at radius 3 is 2.59 bits per heavy atom. The predicted molar refractivity (Wildman–Crippen MR) is 115 cm³/mol. The number of amides is 2. The van der Waals surface area contributed by atoms with Crippen molar-refractivity contribution in [2.24, 2.45) is 5.92 Å². The smallest absolute Gasteiger partial charge is 0.263 e. The fourth-order valence-corrected chi connectivity index (χ4v) is 4.96. The average molecular weight is 413 g/mol. The number of hydrogen-bond acceptors (Lipinski definition) is 4. The van der Waals surface area contributed by atoms with Crippen molar-refractivity contribution >= 4 is 23.2 Å². The van der Waals surface area contributed by atoms with Crippen molar-refractivity contribution in [3.63, 3.8) is 0 Å². The van der Waals surface area contributed by atoms with E-state index in [1.165, 1.54) is 0 Å². The molecule has 154 valence electrons. The van der Waals surface area contributed by atoms with Gasteiger partial charge in [-0.2, -0.15) is 0 Å². The van der Waals surface area contributed by atoms with Gasteiger partial charge in [0.05, 0.1) is 11.5 Å². The number of hydrogen-bond donors (Lipinski definition) is 0. The van der Waals surface area contributed by atoms with Gasteiger partial charge in [0.1, 0.15) is 5.75 Å². The third kappa shape index (κ3) is 4.81. The molecule has 2 amide bonds. The molecule has 2 saturated heterocycles. The highest BCUT2D eigenvalue weighted by Gasteiger charge is 2.26. The van der Waals surface area contributed by atoms with E-state index in [1.54, 1.807) is 11.3 Å². The van der Waals surface area contributed by atoms with E-state index in [1.807, 2.05) is 53.1 Å². The Labute approximate surface area is 176 Å². The summed E-state index contributed by atoms with van der Waals surface area (Å²) in [5, 5.41) is 0. The molecule has 1 aromatic heterocycles. The molecule has 2 aliphatic heterocycles. The van der Waals surface area contributed by atoms with Crippen molar-refractivity contribution in [2.75, 3.05) is 32.8 Å². The van der Waals surface area contributed by atoms with Crippen LogP contribution in [0.25, 0.3) is 0 Å². The maximum atomic E-state index is 12.7. The van der Waals surface area contributed by atoms with Gasteiger partial charge < -0.3 is 14.5 Å².